The maximum Gasteiger partial charge on any atom is 0.119 e. The third-order valence-electron chi connectivity index (χ3n) is 4.14. The van der Waals surface area contributed by atoms with Gasteiger partial charge < -0.3 is 10.1 Å². The van der Waals surface area contributed by atoms with E-state index in [1.807, 2.05) is 37.3 Å². The number of hydrogen-bond donors (Lipinski definition) is 1. The molecule has 0 bridgehead atoms. The molecule has 1 unspecified atom stereocenters. The first-order chi connectivity index (χ1) is 10.9. The van der Waals surface area contributed by atoms with Gasteiger partial charge in [-0.25, -0.2) is 0 Å². The lowest BCUT2D eigenvalue weighted by Crippen LogP contribution is -2.42. The highest BCUT2D eigenvalue weighted by Crippen LogP contribution is 2.13. The molecule has 1 fully saturated rings. The Balaban J connectivity index is 0.000000235. The second-order valence-electron chi connectivity index (χ2n) is 6.10. The minimum absolute atomic E-state index is 0.740. The Morgan fingerprint density at radius 3 is 2.14 bits per heavy atom. The van der Waals surface area contributed by atoms with Crippen molar-refractivity contribution in [2.75, 3.05) is 13.2 Å². The van der Waals surface area contributed by atoms with Crippen molar-refractivity contribution >= 4 is 0 Å². The van der Waals surface area contributed by atoms with Crippen LogP contribution in [0.4, 0.5) is 0 Å². The van der Waals surface area contributed by atoms with E-state index in [0.29, 0.717) is 0 Å². The molecule has 0 aromatic heterocycles. The molecule has 126 valence electrons. The molecule has 2 rings (SSSR count). The molecule has 1 atom stereocenters. The van der Waals surface area contributed by atoms with Gasteiger partial charge in [-0.3, -0.25) is 0 Å². The Bertz CT molecular complexity index is 335. The lowest BCUT2D eigenvalue weighted by Gasteiger charge is -2.27. The van der Waals surface area contributed by atoms with E-state index in [4.69, 9.17) is 4.74 Å². The first-order valence-electron chi connectivity index (χ1n) is 9.28. The molecule has 1 aliphatic rings. The molecule has 1 N–H and O–H groups in total. The van der Waals surface area contributed by atoms with Crippen LogP contribution in [0, 0.1) is 0 Å². The summed E-state index contributed by atoms with van der Waals surface area (Å²) in [5.74, 6) is 0.944. The summed E-state index contributed by atoms with van der Waals surface area (Å²) in [5, 5.41) is 3.46. The Morgan fingerprint density at radius 1 is 0.955 bits per heavy atom. The maximum atomic E-state index is 5.21. The van der Waals surface area contributed by atoms with Crippen LogP contribution in [0.2, 0.25) is 0 Å². The lowest BCUT2D eigenvalue weighted by atomic mass is 9.99. The van der Waals surface area contributed by atoms with Crippen LogP contribution in [0.15, 0.2) is 30.3 Å². The van der Waals surface area contributed by atoms with Crippen molar-refractivity contribution in [2.24, 2.45) is 0 Å². The average Bonchev–Trinajstić information content (AvgIpc) is 2.50. The van der Waals surface area contributed by atoms with Crippen molar-refractivity contribution in [3.8, 4) is 5.75 Å². The van der Waals surface area contributed by atoms with E-state index in [0.717, 1.165) is 18.4 Å². The molecule has 2 nitrogen and oxygen atoms in total. The summed E-state index contributed by atoms with van der Waals surface area (Å²) in [6, 6.07) is 10.7. The number of nitrogens with one attached hydrogen (secondary N) is 1. The number of para-hydroxylation sites is 1. The van der Waals surface area contributed by atoms with Gasteiger partial charge in [-0.15, -0.1) is 0 Å². The van der Waals surface area contributed by atoms with E-state index in [2.05, 4.69) is 12.2 Å². The molecule has 0 radical (unpaired) electrons. The summed E-state index contributed by atoms with van der Waals surface area (Å²) >= 11 is 0. The largest absolute Gasteiger partial charge is 0.494 e. The summed E-state index contributed by atoms with van der Waals surface area (Å²) < 4.78 is 5.21. The van der Waals surface area contributed by atoms with Crippen molar-refractivity contribution in [2.45, 2.75) is 77.7 Å². The maximum absolute atomic E-state index is 5.21. The van der Waals surface area contributed by atoms with Gasteiger partial charge in [0.25, 0.3) is 0 Å². The monoisotopic (exact) mass is 305 g/mol. The molecular formula is C20H35NO. The topological polar surface area (TPSA) is 21.3 Å². The summed E-state index contributed by atoms with van der Waals surface area (Å²) in [6.07, 6.45) is 12.9. The van der Waals surface area contributed by atoms with Crippen LogP contribution in [-0.4, -0.2) is 19.2 Å². The summed E-state index contributed by atoms with van der Waals surface area (Å²) in [6.45, 7) is 6.26. The number of unbranched alkanes of at least 4 members (excludes halogenated alkanes) is 6. The van der Waals surface area contributed by atoms with Gasteiger partial charge in [-0.2, -0.15) is 0 Å². The van der Waals surface area contributed by atoms with Crippen molar-refractivity contribution in [3.05, 3.63) is 30.3 Å². The highest BCUT2D eigenvalue weighted by Gasteiger charge is 2.14. The molecule has 1 aromatic carbocycles. The molecule has 1 saturated heterocycles. The zero-order chi connectivity index (χ0) is 15.9. The zero-order valence-corrected chi connectivity index (χ0v) is 14.7. The third kappa shape index (κ3) is 9.83. The molecular weight excluding hydrogens is 270 g/mol. The zero-order valence-electron chi connectivity index (χ0n) is 14.7. The van der Waals surface area contributed by atoms with E-state index < -0.39 is 0 Å². The Labute approximate surface area is 137 Å². The van der Waals surface area contributed by atoms with Gasteiger partial charge in [-0.05, 0) is 38.4 Å². The van der Waals surface area contributed by atoms with Gasteiger partial charge in [0.1, 0.15) is 5.75 Å². The molecule has 2 heteroatoms. The van der Waals surface area contributed by atoms with E-state index in [-0.39, 0.29) is 0 Å². The SMILES string of the molecule is CCCCCCCCCC1CCN1.CCOc1ccccc1. The second kappa shape index (κ2) is 13.6. The van der Waals surface area contributed by atoms with Crippen LogP contribution in [-0.2, 0) is 0 Å². The fourth-order valence-electron chi connectivity index (χ4n) is 2.63. The molecule has 0 saturated carbocycles. The second-order valence-corrected chi connectivity index (χ2v) is 6.10. The van der Waals surface area contributed by atoms with Crippen molar-refractivity contribution in [1.29, 1.82) is 0 Å². The van der Waals surface area contributed by atoms with Gasteiger partial charge in [0.15, 0.2) is 0 Å². The van der Waals surface area contributed by atoms with Crippen molar-refractivity contribution < 1.29 is 4.74 Å². The first-order valence-corrected chi connectivity index (χ1v) is 9.28. The smallest absolute Gasteiger partial charge is 0.119 e. The molecule has 22 heavy (non-hydrogen) atoms. The van der Waals surface area contributed by atoms with E-state index in [9.17, 15) is 0 Å². The van der Waals surface area contributed by atoms with Crippen LogP contribution in [0.5, 0.6) is 5.75 Å². The van der Waals surface area contributed by atoms with Crippen molar-refractivity contribution in [1.82, 2.24) is 5.32 Å². The van der Waals surface area contributed by atoms with Crippen LogP contribution >= 0.6 is 0 Å². The number of hydrogen-bond acceptors (Lipinski definition) is 2. The summed E-state index contributed by atoms with van der Waals surface area (Å²) in [7, 11) is 0. The third-order valence-corrected chi connectivity index (χ3v) is 4.14. The Hall–Kier alpha value is -1.02. The van der Waals surface area contributed by atoms with E-state index in [1.54, 1.807) is 0 Å². The average molecular weight is 306 g/mol. The highest BCUT2D eigenvalue weighted by atomic mass is 16.5. The normalized spacial score (nSPS) is 16.4. The van der Waals surface area contributed by atoms with Gasteiger partial charge in [0.2, 0.25) is 0 Å². The summed E-state index contributed by atoms with van der Waals surface area (Å²) in [5.41, 5.74) is 0. The number of rotatable bonds is 10. The predicted molar refractivity (Wildman–Crippen MR) is 96.6 cm³/mol. The fourth-order valence-corrected chi connectivity index (χ4v) is 2.63. The molecule has 1 heterocycles. The molecule has 0 aliphatic carbocycles. The quantitative estimate of drug-likeness (QED) is 0.570. The number of benzene rings is 1. The molecule has 0 spiro atoms. The standard InChI is InChI=1S/C12H25N.C8H10O/c1-2-3-4-5-6-7-8-9-12-10-11-13-12;1-2-9-8-6-4-3-5-7-8/h12-13H,2-11H2,1H3;3-7H,2H2,1H3. The molecule has 1 aliphatic heterocycles. The first kappa shape index (κ1) is 19.0. The minimum atomic E-state index is 0.740. The highest BCUT2D eigenvalue weighted by molar-refractivity contribution is 5.20. The van der Waals surface area contributed by atoms with Crippen LogP contribution in [0.1, 0.15) is 71.6 Å². The molecule has 1 aromatic rings. The van der Waals surface area contributed by atoms with Crippen molar-refractivity contribution in [3.63, 3.8) is 0 Å². The Kier molecular flexibility index (Phi) is 11.8. The lowest BCUT2D eigenvalue weighted by molar-refractivity contribution is 0.339. The van der Waals surface area contributed by atoms with Gasteiger partial charge >= 0.3 is 0 Å². The van der Waals surface area contributed by atoms with Gasteiger partial charge in [0, 0.05) is 6.04 Å². The van der Waals surface area contributed by atoms with Crippen LogP contribution in [0.3, 0.4) is 0 Å². The Morgan fingerprint density at radius 2 is 1.59 bits per heavy atom. The van der Waals surface area contributed by atoms with Crippen LogP contribution < -0.4 is 10.1 Å². The minimum Gasteiger partial charge on any atom is -0.494 e. The molecule has 0 amide bonds. The van der Waals surface area contributed by atoms with Crippen LogP contribution in [0.25, 0.3) is 0 Å². The van der Waals surface area contributed by atoms with Gasteiger partial charge in [-0.1, -0.05) is 70.1 Å². The van der Waals surface area contributed by atoms with Gasteiger partial charge in [0.05, 0.1) is 6.61 Å². The number of ether oxygens (including phenoxy) is 1. The van der Waals surface area contributed by atoms with E-state index >= 15 is 0 Å². The summed E-state index contributed by atoms with van der Waals surface area (Å²) in [4.78, 5) is 0. The fraction of sp³-hybridized carbons (Fsp3) is 0.700. The van der Waals surface area contributed by atoms with E-state index in [1.165, 1.54) is 64.3 Å². The predicted octanol–water partition coefficient (Wildman–Crippen LogP) is 5.57.